The molecular formula is C9H5BrF4O2. The third-order valence-electron chi connectivity index (χ3n) is 1.61. The van der Waals surface area contributed by atoms with Crippen LogP contribution in [-0.4, -0.2) is 17.2 Å². The Hall–Kier alpha value is -1.11. The Balaban J connectivity index is 3.09. The molecule has 0 saturated carbocycles. The van der Waals surface area contributed by atoms with E-state index in [-0.39, 0.29) is 0 Å². The number of rotatable bonds is 4. The number of hydrogen-bond donors (Lipinski definition) is 0. The van der Waals surface area contributed by atoms with E-state index in [9.17, 15) is 22.4 Å². The fraction of sp³-hybridized carbons (Fsp3) is 0.222. The van der Waals surface area contributed by atoms with Crippen LogP contribution in [0.15, 0.2) is 24.3 Å². The standard InChI is InChI=1S/C9H5BrF4O2/c10-9(13,14)7(15)5-3-1-2-4-6(5)16-8(11)12/h1-4,8H. The molecule has 0 spiro atoms. The van der Waals surface area contributed by atoms with Crippen LogP contribution < -0.4 is 4.74 Å². The summed E-state index contributed by atoms with van der Waals surface area (Å²) >= 11 is 1.86. The summed E-state index contributed by atoms with van der Waals surface area (Å²) in [4.78, 5) is 7.34. The molecule has 1 aromatic carbocycles. The first-order valence-corrected chi connectivity index (χ1v) is 4.77. The Morgan fingerprint density at radius 3 is 2.38 bits per heavy atom. The van der Waals surface area contributed by atoms with Gasteiger partial charge in [-0.3, -0.25) is 4.79 Å². The molecule has 1 aromatic rings. The molecule has 88 valence electrons. The number of hydrogen-bond acceptors (Lipinski definition) is 2. The summed E-state index contributed by atoms with van der Waals surface area (Å²) in [5, 5.41) is 0. The number of halogens is 5. The summed E-state index contributed by atoms with van der Waals surface area (Å²) in [7, 11) is 0. The summed E-state index contributed by atoms with van der Waals surface area (Å²) in [6, 6.07) is 4.55. The monoisotopic (exact) mass is 300 g/mol. The predicted octanol–water partition coefficient (Wildman–Crippen LogP) is 3.46. The van der Waals surface area contributed by atoms with Crippen molar-refractivity contribution in [3.63, 3.8) is 0 Å². The van der Waals surface area contributed by atoms with Gasteiger partial charge in [0.2, 0.25) is 5.78 Å². The van der Waals surface area contributed by atoms with Gasteiger partial charge < -0.3 is 4.74 Å². The zero-order valence-corrected chi connectivity index (χ0v) is 9.18. The van der Waals surface area contributed by atoms with Crippen molar-refractivity contribution in [1.82, 2.24) is 0 Å². The third-order valence-corrected chi connectivity index (χ3v) is 1.97. The van der Waals surface area contributed by atoms with Gasteiger partial charge in [-0.25, -0.2) is 0 Å². The molecular weight excluding hydrogens is 296 g/mol. The van der Waals surface area contributed by atoms with E-state index < -0.39 is 28.5 Å². The number of ether oxygens (including phenoxy) is 1. The number of ketones is 1. The highest BCUT2D eigenvalue weighted by Gasteiger charge is 2.37. The lowest BCUT2D eigenvalue weighted by molar-refractivity contribution is -0.0503. The molecule has 0 radical (unpaired) electrons. The van der Waals surface area contributed by atoms with Crippen LogP contribution >= 0.6 is 15.9 Å². The van der Waals surface area contributed by atoms with Gasteiger partial charge in [0.1, 0.15) is 5.75 Å². The van der Waals surface area contributed by atoms with E-state index in [1.165, 1.54) is 12.1 Å². The van der Waals surface area contributed by atoms with E-state index >= 15 is 0 Å². The van der Waals surface area contributed by atoms with Crippen LogP contribution in [0.3, 0.4) is 0 Å². The van der Waals surface area contributed by atoms with E-state index in [1.807, 2.05) is 15.9 Å². The molecule has 1 rings (SSSR count). The lowest BCUT2D eigenvalue weighted by Gasteiger charge is -2.11. The van der Waals surface area contributed by atoms with Gasteiger partial charge in [0.05, 0.1) is 5.56 Å². The van der Waals surface area contributed by atoms with E-state index in [0.29, 0.717) is 0 Å². The first-order valence-electron chi connectivity index (χ1n) is 3.97. The Morgan fingerprint density at radius 1 is 1.31 bits per heavy atom. The van der Waals surface area contributed by atoms with Crippen LogP contribution in [0, 0.1) is 0 Å². The first kappa shape index (κ1) is 13.0. The van der Waals surface area contributed by atoms with Gasteiger partial charge in [-0.15, -0.1) is 0 Å². The minimum Gasteiger partial charge on any atom is -0.434 e. The lowest BCUT2D eigenvalue weighted by atomic mass is 10.1. The second kappa shape index (κ2) is 4.82. The molecule has 0 aliphatic carbocycles. The summed E-state index contributed by atoms with van der Waals surface area (Å²) in [6.45, 7) is -3.18. The highest BCUT2D eigenvalue weighted by molar-refractivity contribution is 9.10. The molecule has 0 aliphatic rings. The maximum Gasteiger partial charge on any atom is 0.387 e. The van der Waals surface area contributed by atoms with E-state index in [4.69, 9.17) is 0 Å². The number of Topliss-reactive ketones (excluding diaryl/α,β-unsaturated/α-hetero) is 1. The molecule has 0 amide bonds. The Labute approximate surface area is 96.3 Å². The molecule has 0 fully saturated rings. The largest absolute Gasteiger partial charge is 0.434 e. The fourth-order valence-electron chi connectivity index (χ4n) is 1.01. The van der Waals surface area contributed by atoms with Crippen molar-refractivity contribution >= 4 is 21.7 Å². The van der Waals surface area contributed by atoms with Crippen molar-refractivity contribution in [1.29, 1.82) is 0 Å². The molecule has 0 heterocycles. The summed E-state index contributed by atoms with van der Waals surface area (Å²) in [6.07, 6.45) is 0. The van der Waals surface area contributed by atoms with Crippen molar-refractivity contribution in [2.75, 3.05) is 0 Å². The van der Waals surface area contributed by atoms with Gasteiger partial charge in [0, 0.05) is 0 Å². The normalized spacial score (nSPS) is 11.6. The maximum atomic E-state index is 12.6. The number of carbonyl (C=O) groups is 1. The number of alkyl halides is 5. The zero-order chi connectivity index (χ0) is 12.3. The summed E-state index contributed by atoms with van der Waals surface area (Å²) in [5.74, 6) is -2.22. The van der Waals surface area contributed by atoms with Crippen LogP contribution in [0.5, 0.6) is 5.75 Å². The average Bonchev–Trinajstić information content (AvgIpc) is 2.15. The van der Waals surface area contributed by atoms with Gasteiger partial charge in [-0.2, -0.15) is 17.6 Å². The summed E-state index contributed by atoms with van der Waals surface area (Å²) < 4.78 is 53.1. The van der Waals surface area contributed by atoms with Crippen LogP contribution in [0.2, 0.25) is 0 Å². The van der Waals surface area contributed by atoms with Gasteiger partial charge in [-0.1, -0.05) is 12.1 Å². The van der Waals surface area contributed by atoms with Crippen LogP contribution in [-0.2, 0) is 0 Å². The Bertz CT molecular complexity index is 389. The maximum absolute atomic E-state index is 12.6. The number of para-hydroxylation sites is 1. The van der Waals surface area contributed by atoms with Crippen LogP contribution in [0.4, 0.5) is 17.6 Å². The minimum atomic E-state index is -3.81. The number of benzene rings is 1. The van der Waals surface area contributed by atoms with Gasteiger partial charge in [-0.05, 0) is 28.1 Å². The SMILES string of the molecule is O=C(c1ccccc1OC(F)F)C(F)(F)Br. The second-order valence-corrected chi connectivity index (χ2v) is 3.70. The van der Waals surface area contributed by atoms with E-state index in [1.54, 1.807) is 0 Å². The topological polar surface area (TPSA) is 26.3 Å². The Kier molecular flexibility index (Phi) is 3.90. The molecule has 16 heavy (non-hydrogen) atoms. The van der Waals surface area contributed by atoms with Crippen molar-refractivity contribution in [3.8, 4) is 5.75 Å². The molecule has 0 aliphatic heterocycles. The predicted molar refractivity (Wildman–Crippen MR) is 51.3 cm³/mol. The van der Waals surface area contributed by atoms with Crippen molar-refractivity contribution in [2.45, 2.75) is 11.4 Å². The lowest BCUT2D eigenvalue weighted by Crippen LogP contribution is -2.22. The molecule has 0 saturated heterocycles. The highest BCUT2D eigenvalue weighted by atomic mass is 79.9. The highest BCUT2D eigenvalue weighted by Crippen LogP contribution is 2.31. The number of carbonyl (C=O) groups excluding carboxylic acids is 1. The van der Waals surface area contributed by atoms with Crippen LogP contribution in [0.25, 0.3) is 0 Å². The van der Waals surface area contributed by atoms with E-state index in [2.05, 4.69) is 4.74 Å². The third kappa shape index (κ3) is 3.19. The summed E-state index contributed by atoms with van der Waals surface area (Å²) in [5.41, 5.74) is -0.607. The average molecular weight is 301 g/mol. The van der Waals surface area contributed by atoms with Gasteiger partial charge in [0.15, 0.2) is 0 Å². The van der Waals surface area contributed by atoms with Crippen molar-refractivity contribution < 1.29 is 27.1 Å². The molecule has 0 bridgehead atoms. The van der Waals surface area contributed by atoms with Gasteiger partial charge in [0.25, 0.3) is 0 Å². The van der Waals surface area contributed by atoms with Crippen LogP contribution in [0.1, 0.15) is 10.4 Å². The smallest absolute Gasteiger partial charge is 0.387 e. The fourth-order valence-corrected chi connectivity index (χ4v) is 1.22. The molecule has 0 atom stereocenters. The Morgan fingerprint density at radius 2 is 1.88 bits per heavy atom. The molecule has 0 aromatic heterocycles. The molecule has 2 nitrogen and oxygen atoms in total. The molecule has 0 unspecified atom stereocenters. The minimum absolute atomic E-state index is 0.582. The molecule has 7 heteroatoms. The zero-order valence-electron chi connectivity index (χ0n) is 7.59. The quantitative estimate of drug-likeness (QED) is 0.483. The molecule has 0 N–H and O–H groups in total. The van der Waals surface area contributed by atoms with Crippen molar-refractivity contribution in [2.24, 2.45) is 0 Å². The first-order chi connectivity index (χ1) is 7.32. The van der Waals surface area contributed by atoms with Crippen molar-refractivity contribution in [3.05, 3.63) is 29.8 Å². The van der Waals surface area contributed by atoms with E-state index in [0.717, 1.165) is 12.1 Å². The van der Waals surface area contributed by atoms with Gasteiger partial charge >= 0.3 is 11.4 Å². The second-order valence-electron chi connectivity index (χ2n) is 2.70.